The van der Waals surface area contributed by atoms with Crippen molar-refractivity contribution in [3.63, 3.8) is 0 Å². The summed E-state index contributed by atoms with van der Waals surface area (Å²) in [6, 6.07) is 14.1. The zero-order valence-electron chi connectivity index (χ0n) is 12.5. The number of carboxylic acid groups (broad SMARTS) is 1. The number of fused-ring (bicyclic) bond motifs is 1. The van der Waals surface area contributed by atoms with E-state index in [1.807, 2.05) is 12.1 Å². The zero-order valence-corrected chi connectivity index (χ0v) is 12.5. The van der Waals surface area contributed by atoms with Gasteiger partial charge in [-0.2, -0.15) is 0 Å². The number of aromatic nitrogens is 1. The Labute approximate surface area is 132 Å². The quantitative estimate of drug-likeness (QED) is 0.804. The van der Waals surface area contributed by atoms with Crippen LogP contribution in [0.15, 0.2) is 59.5 Å². The van der Waals surface area contributed by atoms with Crippen LogP contribution in [0.2, 0.25) is 0 Å². The van der Waals surface area contributed by atoms with E-state index in [4.69, 9.17) is 4.74 Å². The maximum absolute atomic E-state index is 12.6. The third kappa shape index (κ3) is 2.81. The zero-order chi connectivity index (χ0) is 16.4. The summed E-state index contributed by atoms with van der Waals surface area (Å²) in [7, 11) is 1.59. The molecule has 3 rings (SSSR count). The first-order valence-corrected chi connectivity index (χ1v) is 7.08. The highest BCUT2D eigenvalue weighted by Gasteiger charge is 2.13. The van der Waals surface area contributed by atoms with Gasteiger partial charge in [0, 0.05) is 17.0 Å². The van der Waals surface area contributed by atoms with Gasteiger partial charge in [-0.05, 0) is 23.8 Å². The third-order valence-electron chi connectivity index (χ3n) is 3.74. The van der Waals surface area contributed by atoms with Crippen LogP contribution < -0.4 is 10.3 Å². The molecule has 3 aromatic rings. The van der Waals surface area contributed by atoms with Crippen LogP contribution in [-0.4, -0.2) is 22.8 Å². The van der Waals surface area contributed by atoms with Crippen molar-refractivity contribution in [3.05, 3.63) is 76.2 Å². The van der Waals surface area contributed by atoms with Crippen LogP contribution in [0.5, 0.6) is 5.75 Å². The van der Waals surface area contributed by atoms with Gasteiger partial charge in [0.2, 0.25) is 0 Å². The number of hydrogen-bond acceptors (Lipinski definition) is 3. The van der Waals surface area contributed by atoms with Crippen LogP contribution in [0.25, 0.3) is 10.8 Å². The number of carboxylic acids is 1. The summed E-state index contributed by atoms with van der Waals surface area (Å²) in [5, 5.41) is 10.3. The Hall–Kier alpha value is -3.08. The molecular formula is C18H15NO4. The number of carbonyl (C=O) groups is 1. The molecule has 23 heavy (non-hydrogen) atoms. The summed E-state index contributed by atoms with van der Waals surface area (Å²) >= 11 is 0. The van der Waals surface area contributed by atoms with Crippen LogP contribution in [0.3, 0.4) is 0 Å². The van der Waals surface area contributed by atoms with Gasteiger partial charge in [0.05, 0.1) is 19.2 Å². The minimum Gasteiger partial charge on any atom is -0.497 e. The lowest BCUT2D eigenvalue weighted by molar-refractivity contribution is 0.0698. The summed E-state index contributed by atoms with van der Waals surface area (Å²) < 4.78 is 6.53. The normalized spacial score (nSPS) is 10.7. The first-order valence-electron chi connectivity index (χ1n) is 7.08. The molecule has 0 aliphatic heterocycles. The molecule has 0 atom stereocenters. The molecule has 5 nitrogen and oxygen atoms in total. The van der Waals surface area contributed by atoms with Crippen molar-refractivity contribution in [1.82, 2.24) is 4.57 Å². The van der Waals surface area contributed by atoms with E-state index in [2.05, 4.69) is 0 Å². The second-order valence-corrected chi connectivity index (χ2v) is 5.17. The van der Waals surface area contributed by atoms with Gasteiger partial charge in [-0.15, -0.1) is 0 Å². The Morgan fingerprint density at radius 2 is 1.74 bits per heavy atom. The Morgan fingerprint density at radius 3 is 2.35 bits per heavy atom. The molecule has 0 unspecified atom stereocenters. The molecule has 116 valence electrons. The highest BCUT2D eigenvalue weighted by Crippen LogP contribution is 2.17. The Balaban J connectivity index is 2.11. The summed E-state index contributed by atoms with van der Waals surface area (Å²) in [5.74, 6) is -0.324. The number of pyridine rings is 1. The topological polar surface area (TPSA) is 68.5 Å². The fourth-order valence-electron chi connectivity index (χ4n) is 2.56. The summed E-state index contributed by atoms with van der Waals surface area (Å²) in [4.78, 5) is 24.1. The number of methoxy groups -OCH3 is 1. The van der Waals surface area contributed by atoms with Crippen molar-refractivity contribution in [2.75, 3.05) is 7.11 Å². The minimum atomic E-state index is -1.05. The van der Waals surface area contributed by atoms with Crippen LogP contribution in [0, 0.1) is 0 Å². The first-order chi connectivity index (χ1) is 11.1. The Bertz CT molecular complexity index is 926. The maximum Gasteiger partial charge on any atom is 0.337 e. The molecular weight excluding hydrogens is 294 g/mol. The number of benzene rings is 2. The van der Waals surface area contributed by atoms with Gasteiger partial charge in [0.15, 0.2) is 0 Å². The number of ether oxygens (including phenoxy) is 1. The average Bonchev–Trinajstić information content (AvgIpc) is 2.58. The standard InChI is InChI=1S/C18H15NO4/c1-23-13-8-6-12(7-9-13)10-19-11-16(18(21)22)14-4-2-3-5-15(14)17(19)20/h2-9,11H,10H2,1H3,(H,21,22). The molecule has 1 N–H and O–H groups in total. The SMILES string of the molecule is COc1ccc(Cn2cc(C(=O)O)c3ccccc3c2=O)cc1. The molecule has 0 spiro atoms. The van der Waals surface area contributed by atoms with Crippen molar-refractivity contribution < 1.29 is 14.6 Å². The molecule has 2 aromatic carbocycles. The predicted octanol–water partition coefficient (Wildman–Crippen LogP) is 2.76. The molecule has 0 radical (unpaired) electrons. The van der Waals surface area contributed by atoms with E-state index in [1.165, 1.54) is 10.8 Å². The van der Waals surface area contributed by atoms with Crippen LogP contribution >= 0.6 is 0 Å². The van der Waals surface area contributed by atoms with E-state index in [0.717, 1.165) is 11.3 Å². The fourth-order valence-corrected chi connectivity index (χ4v) is 2.56. The summed E-state index contributed by atoms with van der Waals surface area (Å²) in [6.45, 7) is 0.300. The monoisotopic (exact) mass is 309 g/mol. The van der Waals surface area contributed by atoms with Gasteiger partial charge >= 0.3 is 5.97 Å². The third-order valence-corrected chi connectivity index (χ3v) is 3.74. The Kier molecular flexibility index (Phi) is 3.85. The lowest BCUT2D eigenvalue weighted by atomic mass is 10.1. The van der Waals surface area contributed by atoms with Crippen molar-refractivity contribution in [3.8, 4) is 5.75 Å². The molecule has 1 aromatic heterocycles. The van der Waals surface area contributed by atoms with E-state index >= 15 is 0 Å². The van der Waals surface area contributed by atoms with Gasteiger partial charge in [-0.1, -0.05) is 30.3 Å². The minimum absolute atomic E-state index is 0.119. The van der Waals surface area contributed by atoms with Crippen molar-refractivity contribution >= 4 is 16.7 Å². The molecule has 0 saturated carbocycles. The van der Waals surface area contributed by atoms with E-state index < -0.39 is 5.97 Å². The number of aromatic carboxylic acids is 1. The lowest BCUT2D eigenvalue weighted by Crippen LogP contribution is -2.22. The summed E-state index contributed by atoms with van der Waals surface area (Å²) in [6.07, 6.45) is 1.40. The number of nitrogens with zero attached hydrogens (tertiary/aromatic N) is 1. The van der Waals surface area contributed by atoms with Gasteiger partial charge < -0.3 is 14.4 Å². The molecule has 0 amide bonds. The maximum atomic E-state index is 12.6. The van der Waals surface area contributed by atoms with Crippen LogP contribution in [-0.2, 0) is 6.54 Å². The van der Waals surface area contributed by atoms with E-state index in [-0.39, 0.29) is 11.1 Å². The van der Waals surface area contributed by atoms with E-state index in [1.54, 1.807) is 43.5 Å². The molecule has 0 fully saturated rings. The lowest BCUT2D eigenvalue weighted by Gasteiger charge is -2.10. The second-order valence-electron chi connectivity index (χ2n) is 5.17. The van der Waals surface area contributed by atoms with Gasteiger partial charge in [0.25, 0.3) is 5.56 Å². The Morgan fingerprint density at radius 1 is 1.09 bits per heavy atom. The molecule has 0 saturated heterocycles. The fraction of sp³-hybridized carbons (Fsp3) is 0.111. The second kappa shape index (κ2) is 5.96. The van der Waals surface area contributed by atoms with Gasteiger partial charge in [0.1, 0.15) is 5.75 Å². The molecule has 0 aliphatic rings. The predicted molar refractivity (Wildman–Crippen MR) is 87.3 cm³/mol. The molecule has 0 bridgehead atoms. The van der Waals surface area contributed by atoms with Crippen LogP contribution in [0.4, 0.5) is 0 Å². The van der Waals surface area contributed by atoms with Gasteiger partial charge in [-0.25, -0.2) is 4.79 Å². The highest BCUT2D eigenvalue weighted by atomic mass is 16.5. The first kappa shape index (κ1) is 14.8. The van der Waals surface area contributed by atoms with Gasteiger partial charge in [-0.3, -0.25) is 4.79 Å². The molecule has 1 heterocycles. The molecule has 5 heteroatoms. The van der Waals surface area contributed by atoms with Crippen LogP contribution in [0.1, 0.15) is 15.9 Å². The van der Waals surface area contributed by atoms with E-state index in [9.17, 15) is 14.7 Å². The number of rotatable bonds is 4. The van der Waals surface area contributed by atoms with Crippen molar-refractivity contribution in [2.24, 2.45) is 0 Å². The summed E-state index contributed by atoms with van der Waals surface area (Å²) in [5.41, 5.74) is 0.801. The largest absolute Gasteiger partial charge is 0.497 e. The van der Waals surface area contributed by atoms with Crippen molar-refractivity contribution in [2.45, 2.75) is 6.54 Å². The smallest absolute Gasteiger partial charge is 0.337 e. The van der Waals surface area contributed by atoms with E-state index in [0.29, 0.717) is 17.3 Å². The molecule has 0 aliphatic carbocycles. The highest BCUT2D eigenvalue weighted by molar-refractivity contribution is 6.02. The van der Waals surface area contributed by atoms with Crippen molar-refractivity contribution in [1.29, 1.82) is 0 Å². The number of hydrogen-bond donors (Lipinski definition) is 1. The average molecular weight is 309 g/mol.